The number of hydrogen-bond donors (Lipinski definition) is 2. The molecule has 4 aliphatic carbocycles. The summed E-state index contributed by atoms with van der Waals surface area (Å²) in [6.07, 6.45) is 9.77. The average Bonchev–Trinajstić information content (AvgIpc) is 2.75. The number of carbonyl (C=O) groups is 1. The van der Waals surface area contributed by atoms with Gasteiger partial charge in [0.15, 0.2) is 0 Å². The van der Waals surface area contributed by atoms with Gasteiger partial charge in [0.25, 0.3) is 0 Å². The fraction of sp³-hybridized carbons (Fsp3) is 0.850. The number of rotatable bonds is 2. The number of hydrogen-bond acceptors (Lipinski definition) is 2. The molecular formula is C20H30O3. The molecule has 1 spiro atoms. The van der Waals surface area contributed by atoms with Gasteiger partial charge in [0.2, 0.25) is 0 Å². The van der Waals surface area contributed by atoms with Crippen LogP contribution in [0.25, 0.3) is 0 Å². The van der Waals surface area contributed by atoms with Crippen molar-refractivity contribution in [3.63, 3.8) is 0 Å². The SMILES string of the molecule is C=C1C[C@@]23CC[C@@H]4[C@](CO)(C(=O)O)CCC[C@@]4(C)[C@@H]2CC[C@@H]1C3. The predicted molar refractivity (Wildman–Crippen MR) is 88.9 cm³/mol. The zero-order chi connectivity index (χ0) is 16.5. The first-order valence-corrected chi connectivity index (χ1v) is 9.40. The Morgan fingerprint density at radius 1 is 1.22 bits per heavy atom. The average molecular weight is 318 g/mol. The van der Waals surface area contributed by atoms with Gasteiger partial charge >= 0.3 is 5.97 Å². The second-order valence-corrected chi connectivity index (χ2v) is 9.30. The number of carboxylic acids is 1. The van der Waals surface area contributed by atoms with Gasteiger partial charge in [-0.25, -0.2) is 0 Å². The van der Waals surface area contributed by atoms with E-state index in [4.69, 9.17) is 0 Å². The van der Waals surface area contributed by atoms with Gasteiger partial charge in [-0.3, -0.25) is 4.79 Å². The Kier molecular flexibility index (Phi) is 3.30. The van der Waals surface area contributed by atoms with Gasteiger partial charge in [-0.15, -0.1) is 0 Å². The van der Waals surface area contributed by atoms with Crippen LogP contribution in [0.15, 0.2) is 12.2 Å². The molecule has 0 aromatic carbocycles. The molecule has 4 saturated carbocycles. The summed E-state index contributed by atoms with van der Waals surface area (Å²) >= 11 is 0. The van der Waals surface area contributed by atoms with Gasteiger partial charge in [0.05, 0.1) is 12.0 Å². The molecule has 3 heteroatoms. The molecule has 0 aromatic rings. The van der Waals surface area contributed by atoms with Gasteiger partial charge < -0.3 is 10.2 Å². The van der Waals surface area contributed by atoms with Crippen molar-refractivity contribution >= 4 is 5.97 Å². The minimum atomic E-state index is -0.902. The Bertz CT molecular complexity index is 555. The van der Waals surface area contributed by atoms with Gasteiger partial charge in [-0.05, 0) is 80.0 Å². The minimum Gasteiger partial charge on any atom is -0.481 e. The smallest absolute Gasteiger partial charge is 0.312 e. The Morgan fingerprint density at radius 2 is 2.00 bits per heavy atom. The first-order valence-electron chi connectivity index (χ1n) is 9.40. The van der Waals surface area contributed by atoms with E-state index in [1.54, 1.807) is 0 Å². The second kappa shape index (κ2) is 4.84. The van der Waals surface area contributed by atoms with Crippen LogP contribution in [-0.2, 0) is 4.79 Å². The van der Waals surface area contributed by atoms with Crippen LogP contribution in [0, 0.1) is 34.0 Å². The molecule has 0 saturated heterocycles. The Morgan fingerprint density at radius 3 is 2.70 bits per heavy atom. The lowest BCUT2D eigenvalue weighted by Crippen LogP contribution is -2.60. The van der Waals surface area contributed by atoms with Crippen LogP contribution in [0.3, 0.4) is 0 Å². The molecule has 0 amide bonds. The maximum Gasteiger partial charge on any atom is 0.312 e. The van der Waals surface area contributed by atoms with Crippen molar-refractivity contribution < 1.29 is 15.0 Å². The number of aliphatic carboxylic acids is 1. The van der Waals surface area contributed by atoms with Crippen LogP contribution in [-0.4, -0.2) is 22.8 Å². The quantitative estimate of drug-likeness (QED) is 0.756. The fourth-order valence-corrected chi connectivity index (χ4v) is 7.68. The summed E-state index contributed by atoms with van der Waals surface area (Å²) in [5.74, 6) is 0.704. The first-order chi connectivity index (χ1) is 10.9. The van der Waals surface area contributed by atoms with Crippen LogP contribution in [0.1, 0.15) is 64.7 Å². The van der Waals surface area contributed by atoms with E-state index >= 15 is 0 Å². The van der Waals surface area contributed by atoms with Crippen LogP contribution in [0.5, 0.6) is 0 Å². The predicted octanol–water partition coefficient (Wildman–Crippen LogP) is 4.01. The Balaban J connectivity index is 1.76. The largest absolute Gasteiger partial charge is 0.481 e. The summed E-state index contributed by atoms with van der Waals surface area (Å²) in [5.41, 5.74) is 1.02. The third-order valence-electron chi connectivity index (χ3n) is 8.59. The van der Waals surface area contributed by atoms with E-state index in [1.165, 1.54) is 31.3 Å². The normalized spacial score (nSPS) is 51.9. The van der Waals surface area contributed by atoms with Crippen LogP contribution in [0.2, 0.25) is 0 Å². The highest BCUT2D eigenvalue weighted by Crippen LogP contribution is 2.72. The van der Waals surface area contributed by atoms with E-state index in [9.17, 15) is 15.0 Å². The van der Waals surface area contributed by atoms with Crippen LogP contribution >= 0.6 is 0 Å². The monoisotopic (exact) mass is 318 g/mol. The second-order valence-electron chi connectivity index (χ2n) is 9.30. The lowest BCUT2D eigenvalue weighted by Gasteiger charge is -2.63. The summed E-state index contributed by atoms with van der Waals surface area (Å²) in [4.78, 5) is 12.1. The highest BCUT2D eigenvalue weighted by Gasteiger charge is 2.66. The lowest BCUT2D eigenvalue weighted by molar-refractivity contribution is -0.191. The van der Waals surface area contributed by atoms with Gasteiger partial charge in [-0.2, -0.15) is 0 Å². The van der Waals surface area contributed by atoms with E-state index in [-0.39, 0.29) is 17.9 Å². The summed E-state index contributed by atoms with van der Waals surface area (Å²) in [6, 6.07) is 0. The molecule has 0 heterocycles. The first kappa shape index (κ1) is 15.7. The number of carboxylic acid groups (broad SMARTS) is 1. The molecule has 6 atom stereocenters. The number of allylic oxidation sites excluding steroid dienone is 1. The molecule has 0 aromatic heterocycles. The molecule has 128 valence electrons. The summed E-state index contributed by atoms with van der Waals surface area (Å²) in [6.45, 7) is 6.51. The number of aliphatic hydroxyl groups is 1. The molecule has 2 N–H and O–H groups in total. The van der Waals surface area contributed by atoms with Crippen molar-refractivity contribution in [1.29, 1.82) is 0 Å². The zero-order valence-corrected chi connectivity index (χ0v) is 14.3. The summed E-state index contributed by atoms with van der Waals surface area (Å²) in [5, 5.41) is 20.0. The van der Waals surface area contributed by atoms with E-state index in [2.05, 4.69) is 13.5 Å². The van der Waals surface area contributed by atoms with Crippen LogP contribution in [0.4, 0.5) is 0 Å². The van der Waals surface area contributed by atoms with E-state index < -0.39 is 11.4 Å². The van der Waals surface area contributed by atoms with E-state index in [0.29, 0.717) is 17.8 Å². The molecule has 2 bridgehead atoms. The fourth-order valence-electron chi connectivity index (χ4n) is 7.68. The van der Waals surface area contributed by atoms with Gasteiger partial charge in [-0.1, -0.05) is 25.5 Å². The molecule has 4 rings (SSSR count). The molecule has 0 radical (unpaired) electrons. The lowest BCUT2D eigenvalue weighted by atomic mass is 9.41. The molecule has 0 unspecified atom stereocenters. The summed E-state index contributed by atoms with van der Waals surface area (Å²) in [7, 11) is 0. The van der Waals surface area contributed by atoms with Crippen molar-refractivity contribution in [3.8, 4) is 0 Å². The molecule has 23 heavy (non-hydrogen) atoms. The van der Waals surface area contributed by atoms with Crippen molar-refractivity contribution in [2.45, 2.75) is 64.7 Å². The zero-order valence-electron chi connectivity index (χ0n) is 14.3. The highest BCUT2D eigenvalue weighted by atomic mass is 16.4. The van der Waals surface area contributed by atoms with Crippen molar-refractivity contribution in [2.75, 3.05) is 6.61 Å². The number of aliphatic hydroxyl groups excluding tert-OH is 1. The highest BCUT2D eigenvalue weighted by molar-refractivity contribution is 5.75. The topological polar surface area (TPSA) is 57.5 Å². The Labute approximate surface area is 139 Å². The summed E-state index contributed by atoms with van der Waals surface area (Å²) < 4.78 is 0. The molecule has 4 fully saturated rings. The maximum absolute atomic E-state index is 12.1. The van der Waals surface area contributed by atoms with Crippen molar-refractivity contribution in [1.82, 2.24) is 0 Å². The third-order valence-corrected chi connectivity index (χ3v) is 8.59. The molecule has 4 aliphatic rings. The maximum atomic E-state index is 12.1. The van der Waals surface area contributed by atoms with Crippen molar-refractivity contribution in [3.05, 3.63) is 12.2 Å². The van der Waals surface area contributed by atoms with Gasteiger partial charge in [0, 0.05) is 0 Å². The third kappa shape index (κ3) is 1.83. The molecular weight excluding hydrogens is 288 g/mol. The number of fused-ring (bicyclic) bond motifs is 3. The van der Waals surface area contributed by atoms with Crippen LogP contribution < -0.4 is 0 Å². The molecule has 0 aliphatic heterocycles. The Hall–Kier alpha value is -0.830. The van der Waals surface area contributed by atoms with Gasteiger partial charge in [0.1, 0.15) is 0 Å². The van der Waals surface area contributed by atoms with Crippen molar-refractivity contribution in [2.24, 2.45) is 34.0 Å². The standard InChI is InChI=1S/C20H30O3/c1-13-10-19-9-6-16-18(2,15(19)5-4-14(13)11-19)7-3-8-20(16,12-21)17(22)23/h14-16,21H,1,3-12H2,2H3,(H,22,23)/t14-,15+,16+,18+,19-,20+/m1/s1. The van der Waals surface area contributed by atoms with E-state index in [0.717, 1.165) is 31.6 Å². The minimum absolute atomic E-state index is 0.0766. The van der Waals surface area contributed by atoms with E-state index in [1.807, 2.05) is 0 Å². The molecule has 3 nitrogen and oxygen atoms in total.